The zero-order valence-corrected chi connectivity index (χ0v) is 12.8. The van der Waals surface area contributed by atoms with E-state index in [1.165, 1.54) is 29.8 Å². The Labute approximate surface area is 128 Å². The Morgan fingerprint density at radius 3 is 1.76 bits per heavy atom. The molecule has 2 heteroatoms. The summed E-state index contributed by atoms with van der Waals surface area (Å²) in [5.41, 5.74) is 4.15. The molecule has 2 aromatic carbocycles. The Balaban J connectivity index is 1.60. The lowest BCUT2D eigenvalue weighted by molar-refractivity contribution is 0.653. The van der Waals surface area contributed by atoms with Crippen molar-refractivity contribution < 1.29 is 0 Å². The Kier molecular flexibility index (Phi) is 4.44. The van der Waals surface area contributed by atoms with Crippen molar-refractivity contribution >= 4 is 11.4 Å². The molecule has 3 rings (SSSR count). The van der Waals surface area contributed by atoms with Crippen molar-refractivity contribution in [2.45, 2.75) is 19.8 Å². The molecule has 0 radical (unpaired) electrons. The number of nitrogens with zero attached hydrogens (tertiary/aromatic N) is 2. The molecular weight excluding hydrogens is 256 g/mol. The second-order valence-corrected chi connectivity index (χ2v) is 5.73. The van der Waals surface area contributed by atoms with Crippen LogP contribution in [0.1, 0.15) is 18.9 Å². The lowest BCUT2D eigenvalue weighted by atomic mass is 10.1. The number of aryl methyl sites for hydroxylation is 1. The zero-order valence-electron chi connectivity index (χ0n) is 12.8. The molecule has 0 spiro atoms. The monoisotopic (exact) mass is 280 g/mol. The van der Waals surface area contributed by atoms with Crippen molar-refractivity contribution in [1.82, 2.24) is 0 Å². The summed E-state index contributed by atoms with van der Waals surface area (Å²) in [5.74, 6) is 0. The molecule has 1 saturated heterocycles. The standard InChI is InChI=1S/C19H24N2/c1-2-6-17-9-11-19(12-10-17)21-15-13-20(14-16-21)18-7-4-3-5-8-18/h3-5,7-12H,2,6,13-16H2,1H3. The van der Waals surface area contributed by atoms with Gasteiger partial charge in [-0.3, -0.25) is 0 Å². The molecule has 0 N–H and O–H groups in total. The highest BCUT2D eigenvalue weighted by atomic mass is 15.3. The second-order valence-electron chi connectivity index (χ2n) is 5.73. The van der Waals surface area contributed by atoms with Gasteiger partial charge in [0.2, 0.25) is 0 Å². The Hall–Kier alpha value is -1.96. The average molecular weight is 280 g/mol. The van der Waals surface area contributed by atoms with Crippen LogP contribution in [-0.4, -0.2) is 26.2 Å². The highest BCUT2D eigenvalue weighted by molar-refractivity contribution is 5.52. The SMILES string of the molecule is CCCc1ccc(N2CCN(c3ccccc3)CC2)cc1. The highest BCUT2D eigenvalue weighted by Crippen LogP contribution is 2.21. The van der Waals surface area contributed by atoms with E-state index in [4.69, 9.17) is 0 Å². The highest BCUT2D eigenvalue weighted by Gasteiger charge is 2.17. The van der Waals surface area contributed by atoms with Crippen LogP contribution >= 0.6 is 0 Å². The van der Waals surface area contributed by atoms with Crippen molar-refractivity contribution in [2.24, 2.45) is 0 Å². The first-order valence-electron chi connectivity index (χ1n) is 8.00. The third kappa shape index (κ3) is 3.38. The number of anilines is 2. The van der Waals surface area contributed by atoms with E-state index < -0.39 is 0 Å². The summed E-state index contributed by atoms with van der Waals surface area (Å²) >= 11 is 0. The lowest BCUT2D eigenvalue weighted by Gasteiger charge is -2.37. The second kappa shape index (κ2) is 6.66. The van der Waals surface area contributed by atoms with Crippen molar-refractivity contribution in [3.63, 3.8) is 0 Å². The summed E-state index contributed by atoms with van der Waals surface area (Å²) in [6.07, 6.45) is 2.40. The maximum Gasteiger partial charge on any atom is 0.0367 e. The van der Waals surface area contributed by atoms with E-state index in [9.17, 15) is 0 Å². The predicted octanol–water partition coefficient (Wildman–Crippen LogP) is 3.97. The number of para-hydroxylation sites is 1. The molecule has 0 aromatic heterocycles. The fourth-order valence-corrected chi connectivity index (χ4v) is 3.02. The fraction of sp³-hybridized carbons (Fsp3) is 0.368. The molecule has 21 heavy (non-hydrogen) atoms. The number of piperazine rings is 1. The van der Waals surface area contributed by atoms with Crippen LogP contribution in [-0.2, 0) is 6.42 Å². The predicted molar refractivity (Wildman–Crippen MR) is 91.3 cm³/mol. The molecule has 0 amide bonds. The molecule has 0 saturated carbocycles. The van der Waals surface area contributed by atoms with Crippen LogP contribution in [0.2, 0.25) is 0 Å². The van der Waals surface area contributed by atoms with Crippen LogP contribution < -0.4 is 9.80 Å². The van der Waals surface area contributed by atoms with E-state index in [0.29, 0.717) is 0 Å². The van der Waals surface area contributed by atoms with Gasteiger partial charge in [-0.2, -0.15) is 0 Å². The number of benzene rings is 2. The van der Waals surface area contributed by atoms with E-state index >= 15 is 0 Å². The summed E-state index contributed by atoms with van der Waals surface area (Å²) < 4.78 is 0. The summed E-state index contributed by atoms with van der Waals surface area (Å²) in [4.78, 5) is 4.97. The molecule has 0 bridgehead atoms. The minimum absolute atomic E-state index is 1.10. The van der Waals surface area contributed by atoms with E-state index in [2.05, 4.69) is 71.3 Å². The van der Waals surface area contributed by atoms with Crippen molar-refractivity contribution in [3.05, 3.63) is 60.2 Å². The van der Waals surface area contributed by atoms with Gasteiger partial charge in [-0.05, 0) is 36.2 Å². The van der Waals surface area contributed by atoms with Crippen molar-refractivity contribution in [2.75, 3.05) is 36.0 Å². The largest absolute Gasteiger partial charge is 0.368 e. The summed E-state index contributed by atoms with van der Waals surface area (Å²) in [7, 11) is 0. The van der Waals surface area contributed by atoms with Gasteiger partial charge in [-0.1, -0.05) is 43.7 Å². The smallest absolute Gasteiger partial charge is 0.0367 e. The molecule has 0 aliphatic carbocycles. The first-order chi connectivity index (χ1) is 10.4. The van der Waals surface area contributed by atoms with Crippen LogP contribution in [0.15, 0.2) is 54.6 Å². The van der Waals surface area contributed by atoms with Gasteiger partial charge < -0.3 is 9.80 Å². The number of rotatable bonds is 4. The summed E-state index contributed by atoms with van der Waals surface area (Å²) in [6.45, 7) is 6.63. The third-order valence-corrected chi connectivity index (χ3v) is 4.24. The first-order valence-corrected chi connectivity index (χ1v) is 8.00. The topological polar surface area (TPSA) is 6.48 Å². The van der Waals surface area contributed by atoms with Gasteiger partial charge in [0.15, 0.2) is 0 Å². The van der Waals surface area contributed by atoms with Crippen LogP contribution in [0.5, 0.6) is 0 Å². The van der Waals surface area contributed by atoms with Crippen LogP contribution in [0.25, 0.3) is 0 Å². The van der Waals surface area contributed by atoms with Gasteiger partial charge in [0.05, 0.1) is 0 Å². The summed E-state index contributed by atoms with van der Waals surface area (Å²) in [5, 5.41) is 0. The molecule has 1 aliphatic rings. The normalized spacial score (nSPS) is 15.3. The van der Waals surface area contributed by atoms with E-state index in [0.717, 1.165) is 26.2 Å². The lowest BCUT2D eigenvalue weighted by Crippen LogP contribution is -2.46. The molecule has 110 valence electrons. The number of hydrogen-bond acceptors (Lipinski definition) is 2. The first kappa shape index (κ1) is 14.0. The molecule has 1 fully saturated rings. The minimum atomic E-state index is 1.10. The molecule has 2 aromatic rings. The van der Waals surface area contributed by atoms with Gasteiger partial charge in [0.25, 0.3) is 0 Å². The Morgan fingerprint density at radius 2 is 1.24 bits per heavy atom. The zero-order chi connectivity index (χ0) is 14.5. The molecular formula is C19H24N2. The minimum Gasteiger partial charge on any atom is -0.368 e. The van der Waals surface area contributed by atoms with E-state index in [-0.39, 0.29) is 0 Å². The van der Waals surface area contributed by atoms with Gasteiger partial charge in [0.1, 0.15) is 0 Å². The van der Waals surface area contributed by atoms with Gasteiger partial charge in [-0.25, -0.2) is 0 Å². The van der Waals surface area contributed by atoms with Gasteiger partial charge >= 0.3 is 0 Å². The van der Waals surface area contributed by atoms with Crippen LogP contribution in [0.4, 0.5) is 11.4 Å². The average Bonchev–Trinajstić information content (AvgIpc) is 2.57. The van der Waals surface area contributed by atoms with Gasteiger partial charge in [-0.15, -0.1) is 0 Å². The Bertz CT molecular complexity index is 540. The maximum absolute atomic E-state index is 2.50. The van der Waals surface area contributed by atoms with Crippen LogP contribution in [0.3, 0.4) is 0 Å². The quantitative estimate of drug-likeness (QED) is 0.836. The molecule has 0 atom stereocenters. The van der Waals surface area contributed by atoms with Crippen molar-refractivity contribution in [1.29, 1.82) is 0 Å². The van der Waals surface area contributed by atoms with Crippen molar-refractivity contribution in [3.8, 4) is 0 Å². The maximum atomic E-state index is 2.50. The van der Waals surface area contributed by atoms with Gasteiger partial charge in [0, 0.05) is 37.6 Å². The summed E-state index contributed by atoms with van der Waals surface area (Å²) in [6, 6.07) is 19.8. The molecule has 1 heterocycles. The molecule has 0 unspecified atom stereocenters. The molecule has 1 aliphatic heterocycles. The fourth-order valence-electron chi connectivity index (χ4n) is 3.02. The third-order valence-electron chi connectivity index (χ3n) is 4.24. The van der Waals surface area contributed by atoms with E-state index in [1.807, 2.05) is 0 Å². The van der Waals surface area contributed by atoms with E-state index in [1.54, 1.807) is 0 Å². The number of hydrogen-bond donors (Lipinski definition) is 0. The molecule has 2 nitrogen and oxygen atoms in total. The Morgan fingerprint density at radius 1 is 0.714 bits per heavy atom. The van der Waals surface area contributed by atoms with Crippen LogP contribution in [0, 0.1) is 0 Å².